The summed E-state index contributed by atoms with van der Waals surface area (Å²) in [6, 6.07) is 9.00. The van der Waals surface area contributed by atoms with Crippen LogP contribution in [0.2, 0.25) is 10.0 Å². The highest BCUT2D eigenvalue weighted by Gasteiger charge is 2.42. The number of carbonyl (C=O) groups excluding carboxylic acids is 1. The smallest absolute Gasteiger partial charge is 0.257 e. The fourth-order valence-corrected chi connectivity index (χ4v) is 4.33. The summed E-state index contributed by atoms with van der Waals surface area (Å²) in [7, 11) is 0. The van der Waals surface area contributed by atoms with Crippen molar-refractivity contribution in [1.29, 1.82) is 0 Å². The predicted octanol–water partition coefficient (Wildman–Crippen LogP) is 4.78. The first-order chi connectivity index (χ1) is 12.5. The third-order valence-electron chi connectivity index (χ3n) is 5.42. The van der Waals surface area contributed by atoms with Crippen LogP contribution in [-0.4, -0.2) is 34.9 Å². The van der Waals surface area contributed by atoms with Crippen LogP contribution in [0.5, 0.6) is 0 Å². The number of hydrogen-bond acceptors (Lipinski definition) is 4. The molecule has 1 aromatic heterocycles. The summed E-state index contributed by atoms with van der Waals surface area (Å²) in [5, 5.41) is 4.10. The van der Waals surface area contributed by atoms with Gasteiger partial charge in [0.2, 0.25) is 0 Å². The van der Waals surface area contributed by atoms with Crippen LogP contribution >= 0.6 is 48.0 Å². The molecule has 2 heterocycles. The molecule has 1 aromatic carbocycles. The highest BCUT2D eigenvalue weighted by Crippen LogP contribution is 2.38. The molecule has 3 N–H and O–H groups in total. The number of anilines is 2. The molecule has 2 fully saturated rings. The zero-order chi connectivity index (χ0) is 18.3. The second kappa shape index (κ2) is 9.51. The van der Waals surface area contributed by atoms with Gasteiger partial charge in [-0.1, -0.05) is 23.2 Å². The number of amides is 1. The molecule has 1 saturated heterocycles. The second-order valence-electron chi connectivity index (χ2n) is 7.03. The van der Waals surface area contributed by atoms with Crippen LogP contribution in [0.25, 0.3) is 0 Å². The molecule has 1 amide bonds. The van der Waals surface area contributed by atoms with Crippen molar-refractivity contribution in [2.75, 3.05) is 18.4 Å². The summed E-state index contributed by atoms with van der Waals surface area (Å²) in [6.07, 6.45) is 3.83. The van der Waals surface area contributed by atoms with E-state index in [-0.39, 0.29) is 36.8 Å². The van der Waals surface area contributed by atoms with E-state index in [9.17, 15) is 4.79 Å². The first kappa shape index (κ1) is 23.0. The average molecular weight is 464 g/mol. The van der Waals surface area contributed by atoms with Crippen molar-refractivity contribution in [3.05, 3.63) is 52.1 Å². The first-order valence-electron chi connectivity index (χ1n) is 8.75. The Labute approximate surface area is 186 Å². The number of nitrogens with zero attached hydrogens (tertiary/aromatic N) is 2. The van der Waals surface area contributed by atoms with Crippen molar-refractivity contribution in [3.8, 4) is 0 Å². The van der Waals surface area contributed by atoms with Crippen molar-refractivity contribution in [2.24, 2.45) is 17.6 Å². The lowest BCUT2D eigenvalue weighted by Crippen LogP contribution is -2.33. The third kappa shape index (κ3) is 4.50. The van der Waals surface area contributed by atoms with E-state index in [1.807, 2.05) is 4.90 Å². The SMILES string of the molecule is Cl.Cl.NC1CCC2CN(C(=O)c3cccnc3Nc3ccc(Cl)c(Cl)c3)CC12. The zero-order valence-corrected chi connectivity index (χ0v) is 18.1. The Balaban J connectivity index is 0.00000140. The standard InChI is InChI=1S/C19H20Cl2N4O.2ClH/c20-15-5-4-12(8-16(15)21)24-18-13(2-1-7-23-18)19(26)25-9-11-3-6-17(22)14(11)10-25;;/h1-2,4-5,7-8,11,14,17H,3,6,9-10,22H2,(H,23,24);2*1H. The van der Waals surface area contributed by atoms with Gasteiger partial charge in [0.1, 0.15) is 5.82 Å². The molecule has 2 aromatic rings. The lowest BCUT2D eigenvalue weighted by molar-refractivity contribution is 0.0780. The summed E-state index contributed by atoms with van der Waals surface area (Å²) in [5.74, 6) is 1.44. The van der Waals surface area contributed by atoms with Crippen molar-refractivity contribution >= 4 is 65.4 Å². The van der Waals surface area contributed by atoms with Crippen LogP contribution in [0, 0.1) is 11.8 Å². The number of rotatable bonds is 3. The van der Waals surface area contributed by atoms with Gasteiger partial charge in [-0.2, -0.15) is 0 Å². The van der Waals surface area contributed by atoms with Gasteiger partial charge in [-0.05, 0) is 55.0 Å². The van der Waals surface area contributed by atoms with Gasteiger partial charge in [0.05, 0.1) is 15.6 Å². The Morgan fingerprint density at radius 2 is 1.93 bits per heavy atom. The molecular weight excluding hydrogens is 442 g/mol. The van der Waals surface area contributed by atoms with Crippen LogP contribution in [0.3, 0.4) is 0 Å². The quantitative estimate of drug-likeness (QED) is 0.686. The molecule has 0 radical (unpaired) electrons. The van der Waals surface area contributed by atoms with Gasteiger partial charge < -0.3 is 16.0 Å². The minimum atomic E-state index is -0.0118. The summed E-state index contributed by atoms with van der Waals surface area (Å²) < 4.78 is 0. The molecule has 28 heavy (non-hydrogen) atoms. The monoisotopic (exact) mass is 462 g/mol. The number of likely N-dealkylation sites (tertiary alicyclic amines) is 1. The number of carbonyl (C=O) groups is 1. The molecule has 5 nitrogen and oxygen atoms in total. The molecular formula is C19H22Cl4N4O. The summed E-state index contributed by atoms with van der Waals surface area (Å²) in [6.45, 7) is 1.50. The number of aromatic nitrogens is 1. The minimum Gasteiger partial charge on any atom is -0.340 e. The van der Waals surface area contributed by atoms with Crippen molar-refractivity contribution in [2.45, 2.75) is 18.9 Å². The number of benzene rings is 1. The normalized spacial score (nSPS) is 22.8. The van der Waals surface area contributed by atoms with Gasteiger partial charge in [-0.25, -0.2) is 4.98 Å². The highest BCUT2D eigenvalue weighted by molar-refractivity contribution is 6.42. The average Bonchev–Trinajstić information content (AvgIpc) is 3.20. The Morgan fingerprint density at radius 1 is 1.14 bits per heavy atom. The number of hydrogen-bond donors (Lipinski definition) is 2. The molecule has 1 aliphatic carbocycles. The molecule has 9 heteroatoms. The summed E-state index contributed by atoms with van der Waals surface area (Å²) in [5.41, 5.74) is 7.47. The van der Waals surface area contributed by atoms with E-state index in [1.165, 1.54) is 0 Å². The van der Waals surface area contributed by atoms with Gasteiger partial charge in [0, 0.05) is 31.0 Å². The molecule has 152 valence electrons. The minimum absolute atomic E-state index is 0. The van der Waals surface area contributed by atoms with Crippen LogP contribution in [0.4, 0.5) is 11.5 Å². The van der Waals surface area contributed by atoms with Gasteiger partial charge in [-0.15, -0.1) is 24.8 Å². The molecule has 0 bridgehead atoms. The van der Waals surface area contributed by atoms with E-state index >= 15 is 0 Å². The van der Waals surface area contributed by atoms with E-state index < -0.39 is 0 Å². The van der Waals surface area contributed by atoms with Crippen molar-refractivity contribution < 1.29 is 4.79 Å². The molecule has 3 unspecified atom stereocenters. The summed E-state index contributed by atoms with van der Waals surface area (Å²) in [4.78, 5) is 19.3. The fraction of sp³-hybridized carbons (Fsp3) is 0.368. The molecule has 1 saturated carbocycles. The second-order valence-corrected chi connectivity index (χ2v) is 7.84. The third-order valence-corrected chi connectivity index (χ3v) is 6.16. The molecule has 0 spiro atoms. The van der Waals surface area contributed by atoms with Crippen LogP contribution in [0.1, 0.15) is 23.2 Å². The van der Waals surface area contributed by atoms with E-state index in [1.54, 1.807) is 36.5 Å². The Kier molecular flexibility index (Phi) is 7.82. The first-order valence-corrected chi connectivity index (χ1v) is 9.50. The van der Waals surface area contributed by atoms with E-state index in [2.05, 4.69) is 10.3 Å². The molecule has 2 aliphatic rings. The largest absolute Gasteiger partial charge is 0.340 e. The van der Waals surface area contributed by atoms with Gasteiger partial charge in [-0.3, -0.25) is 4.79 Å². The van der Waals surface area contributed by atoms with E-state index in [0.29, 0.717) is 33.3 Å². The summed E-state index contributed by atoms with van der Waals surface area (Å²) >= 11 is 12.0. The number of halogens is 4. The maximum atomic E-state index is 13.1. The fourth-order valence-electron chi connectivity index (χ4n) is 4.03. The lowest BCUT2D eigenvalue weighted by Gasteiger charge is -2.20. The van der Waals surface area contributed by atoms with E-state index in [0.717, 1.165) is 31.6 Å². The number of nitrogens with one attached hydrogen (secondary N) is 1. The van der Waals surface area contributed by atoms with E-state index in [4.69, 9.17) is 28.9 Å². The molecule has 3 atom stereocenters. The number of nitrogens with two attached hydrogens (primary N) is 1. The van der Waals surface area contributed by atoms with Gasteiger partial charge in [0.25, 0.3) is 5.91 Å². The zero-order valence-electron chi connectivity index (χ0n) is 15.0. The predicted molar refractivity (Wildman–Crippen MR) is 119 cm³/mol. The lowest BCUT2D eigenvalue weighted by atomic mass is 9.98. The Bertz CT molecular complexity index is 850. The van der Waals surface area contributed by atoms with Gasteiger partial charge in [0.15, 0.2) is 0 Å². The topological polar surface area (TPSA) is 71.2 Å². The molecule has 4 rings (SSSR count). The molecule has 1 aliphatic heterocycles. The number of pyridine rings is 1. The highest BCUT2D eigenvalue weighted by atomic mass is 35.5. The van der Waals surface area contributed by atoms with Crippen molar-refractivity contribution in [3.63, 3.8) is 0 Å². The van der Waals surface area contributed by atoms with Crippen molar-refractivity contribution in [1.82, 2.24) is 9.88 Å². The number of fused-ring (bicyclic) bond motifs is 1. The maximum absolute atomic E-state index is 13.1. The van der Waals surface area contributed by atoms with Gasteiger partial charge >= 0.3 is 0 Å². The maximum Gasteiger partial charge on any atom is 0.257 e. The van der Waals surface area contributed by atoms with Crippen LogP contribution < -0.4 is 11.1 Å². The Morgan fingerprint density at radius 3 is 2.64 bits per heavy atom. The van der Waals surface area contributed by atoms with Crippen LogP contribution in [-0.2, 0) is 0 Å². The van der Waals surface area contributed by atoms with Crippen LogP contribution in [0.15, 0.2) is 36.5 Å². The Hall–Kier alpha value is -1.24.